The Hall–Kier alpha value is -1.59. The fourth-order valence-electron chi connectivity index (χ4n) is 1.40. The van der Waals surface area contributed by atoms with Crippen LogP contribution in [-0.2, 0) is 16.1 Å². The number of nitrogens with two attached hydrogens (primary N) is 2. The summed E-state index contributed by atoms with van der Waals surface area (Å²) in [5.41, 5.74) is 12.7. The molecule has 86 valence electrons. The van der Waals surface area contributed by atoms with E-state index in [0.29, 0.717) is 31.1 Å². The zero-order valence-corrected chi connectivity index (χ0v) is 8.81. The number of amides is 1. The van der Waals surface area contributed by atoms with Gasteiger partial charge >= 0.3 is 0 Å². The highest BCUT2D eigenvalue weighted by atomic mass is 16.6. The normalized spacial score (nSPS) is 15.8. The van der Waals surface area contributed by atoms with Gasteiger partial charge in [0, 0.05) is 16.8 Å². The lowest BCUT2D eigenvalue weighted by molar-refractivity contribution is -0.135. The van der Waals surface area contributed by atoms with Gasteiger partial charge in [0.2, 0.25) is 5.91 Å². The monoisotopic (exact) mass is 222 g/mol. The van der Waals surface area contributed by atoms with Crippen LogP contribution in [0, 0.1) is 0 Å². The van der Waals surface area contributed by atoms with E-state index >= 15 is 0 Å². The molecule has 4 N–H and O–H groups in total. The van der Waals surface area contributed by atoms with Crippen molar-refractivity contribution in [1.82, 2.24) is 0 Å². The summed E-state index contributed by atoms with van der Waals surface area (Å²) in [6, 6.07) is 4.97. The quantitative estimate of drug-likeness (QED) is 0.716. The highest BCUT2D eigenvalue weighted by Gasteiger charge is 2.19. The van der Waals surface area contributed by atoms with Gasteiger partial charge in [0.25, 0.3) is 0 Å². The van der Waals surface area contributed by atoms with Crippen LogP contribution in [0.15, 0.2) is 18.2 Å². The number of nitrogen functional groups attached to an aromatic ring is 1. The predicted molar refractivity (Wildman–Crippen MR) is 58.8 cm³/mol. The molecule has 0 saturated carbocycles. The summed E-state index contributed by atoms with van der Waals surface area (Å²) in [4.78, 5) is 10.9. The maximum atomic E-state index is 10.9. The summed E-state index contributed by atoms with van der Waals surface area (Å²) < 4.78 is 10.5. The molecule has 16 heavy (non-hydrogen) atoms. The number of primary amides is 1. The Kier molecular flexibility index (Phi) is 3.07. The van der Waals surface area contributed by atoms with Crippen LogP contribution in [0.1, 0.15) is 15.9 Å². The average Bonchev–Trinajstić information content (AvgIpc) is 2.17. The zero-order chi connectivity index (χ0) is 11.5. The number of carbonyl (C=O) groups excluding carboxylic acids is 1. The third kappa shape index (κ3) is 2.32. The fraction of sp³-hybridized carbons (Fsp3) is 0.364. The van der Waals surface area contributed by atoms with E-state index in [2.05, 4.69) is 0 Å². The molecule has 1 amide bonds. The van der Waals surface area contributed by atoms with Gasteiger partial charge in [-0.05, 0) is 12.1 Å². The highest BCUT2D eigenvalue weighted by molar-refractivity contribution is 5.93. The van der Waals surface area contributed by atoms with Crippen LogP contribution in [-0.4, -0.2) is 25.2 Å². The SMILES string of the molecule is NC(=O)c1ccc(COC2COC2)c(N)c1. The van der Waals surface area contributed by atoms with Crippen molar-refractivity contribution in [2.75, 3.05) is 18.9 Å². The zero-order valence-electron chi connectivity index (χ0n) is 8.81. The standard InChI is InChI=1S/C11H14N2O3/c12-10-3-7(11(13)14)1-2-8(10)4-16-9-5-15-6-9/h1-3,9H,4-6,12H2,(H2,13,14). The lowest BCUT2D eigenvalue weighted by Gasteiger charge is -2.26. The van der Waals surface area contributed by atoms with Gasteiger partial charge in [-0.2, -0.15) is 0 Å². The second-order valence-corrected chi connectivity index (χ2v) is 3.75. The third-order valence-electron chi connectivity index (χ3n) is 2.51. The van der Waals surface area contributed by atoms with Gasteiger partial charge in [-0.3, -0.25) is 4.79 Å². The van der Waals surface area contributed by atoms with Gasteiger partial charge in [0.1, 0.15) is 6.10 Å². The van der Waals surface area contributed by atoms with Crippen LogP contribution in [0.25, 0.3) is 0 Å². The largest absolute Gasteiger partial charge is 0.398 e. The van der Waals surface area contributed by atoms with E-state index in [1.54, 1.807) is 18.2 Å². The van der Waals surface area contributed by atoms with Crippen LogP contribution in [0.4, 0.5) is 5.69 Å². The van der Waals surface area contributed by atoms with Crippen molar-refractivity contribution in [2.45, 2.75) is 12.7 Å². The highest BCUT2D eigenvalue weighted by Crippen LogP contribution is 2.17. The molecule has 1 aliphatic rings. The molecule has 1 aromatic carbocycles. The Balaban J connectivity index is 2.00. The summed E-state index contributed by atoms with van der Waals surface area (Å²) in [5, 5.41) is 0. The number of hydrogen-bond donors (Lipinski definition) is 2. The lowest BCUT2D eigenvalue weighted by atomic mass is 10.1. The van der Waals surface area contributed by atoms with Gasteiger partial charge in [0.15, 0.2) is 0 Å². The molecule has 0 aromatic heterocycles. The lowest BCUT2D eigenvalue weighted by Crippen LogP contribution is -2.35. The molecule has 1 heterocycles. The average molecular weight is 222 g/mol. The van der Waals surface area contributed by atoms with Crippen molar-refractivity contribution in [2.24, 2.45) is 5.73 Å². The minimum absolute atomic E-state index is 0.162. The van der Waals surface area contributed by atoms with Crippen LogP contribution in [0.3, 0.4) is 0 Å². The molecule has 0 aliphatic carbocycles. The number of rotatable bonds is 4. The first-order valence-electron chi connectivity index (χ1n) is 5.04. The minimum Gasteiger partial charge on any atom is -0.398 e. The number of carbonyl (C=O) groups is 1. The van der Waals surface area contributed by atoms with Crippen LogP contribution < -0.4 is 11.5 Å². The summed E-state index contributed by atoms with van der Waals surface area (Å²) in [6.45, 7) is 1.71. The van der Waals surface area contributed by atoms with Gasteiger partial charge < -0.3 is 20.9 Å². The molecule has 0 radical (unpaired) electrons. The Morgan fingerprint density at radius 3 is 2.75 bits per heavy atom. The Morgan fingerprint density at radius 2 is 2.25 bits per heavy atom. The first-order chi connectivity index (χ1) is 7.66. The molecular weight excluding hydrogens is 208 g/mol. The molecule has 5 nitrogen and oxygen atoms in total. The molecular formula is C11H14N2O3. The molecule has 0 bridgehead atoms. The second kappa shape index (κ2) is 4.51. The van der Waals surface area contributed by atoms with Gasteiger partial charge in [-0.25, -0.2) is 0 Å². The summed E-state index contributed by atoms with van der Waals surface area (Å²) in [5.74, 6) is -0.480. The van der Waals surface area contributed by atoms with E-state index in [9.17, 15) is 4.79 Å². The van der Waals surface area contributed by atoms with E-state index in [-0.39, 0.29) is 6.10 Å². The van der Waals surface area contributed by atoms with Crippen molar-refractivity contribution in [1.29, 1.82) is 0 Å². The van der Waals surface area contributed by atoms with Crippen molar-refractivity contribution >= 4 is 11.6 Å². The van der Waals surface area contributed by atoms with Crippen LogP contribution in [0.2, 0.25) is 0 Å². The predicted octanol–water partition coefficient (Wildman–Crippen LogP) is 0.283. The third-order valence-corrected chi connectivity index (χ3v) is 2.51. The summed E-state index contributed by atoms with van der Waals surface area (Å²) in [6.07, 6.45) is 0.162. The topological polar surface area (TPSA) is 87.6 Å². The first kappa shape index (κ1) is 10.9. The van der Waals surface area contributed by atoms with Crippen molar-refractivity contribution in [3.63, 3.8) is 0 Å². The molecule has 0 unspecified atom stereocenters. The molecule has 1 aromatic rings. The van der Waals surface area contributed by atoms with Crippen molar-refractivity contribution < 1.29 is 14.3 Å². The van der Waals surface area contributed by atoms with E-state index in [4.69, 9.17) is 20.9 Å². The number of hydrogen-bond acceptors (Lipinski definition) is 4. The van der Waals surface area contributed by atoms with E-state index in [1.165, 1.54) is 0 Å². The molecule has 2 rings (SSSR count). The van der Waals surface area contributed by atoms with Crippen molar-refractivity contribution in [3.05, 3.63) is 29.3 Å². The van der Waals surface area contributed by atoms with Crippen LogP contribution in [0.5, 0.6) is 0 Å². The van der Waals surface area contributed by atoms with Crippen LogP contribution >= 0.6 is 0 Å². The first-order valence-corrected chi connectivity index (χ1v) is 5.04. The Bertz CT molecular complexity index is 402. The molecule has 5 heteroatoms. The second-order valence-electron chi connectivity index (χ2n) is 3.75. The Morgan fingerprint density at radius 1 is 1.50 bits per heavy atom. The fourth-order valence-corrected chi connectivity index (χ4v) is 1.40. The number of anilines is 1. The summed E-state index contributed by atoms with van der Waals surface area (Å²) >= 11 is 0. The molecule has 1 saturated heterocycles. The molecule has 0 spiro atoms. The Labute approximate surface area is 93.3 Å². The molecule has 1 fully saturated rings. The number of benzene rings is 1. The minimum atomic E-state index is -0.480. The van der Waals surface area contributed by atoms with Gasteiger partial charge in [0.05, 0.1) is 19.8 Å². The van der Waals surface area contributed by atoms with Gasteiger partial charge in [-0.15, -0.1) is 0 Å². The molecule has 0 atom stereocenters. The van der Waals surface area contributed by atoms with Crippen molar-refractivity contribution in [3.8, 4) is 0 Å². The smallest absolute Gasteiger partial charge is 0.248 e. The number of ether oxygens (including phenoxy) is 2. The van der Waals surface area contributed by atoms with E-state index in [0.717, 1.165) is 5.56 Å². The maximum absolute atomic E-state index is 10.9. The maximum Gasteiger partial charge on any atom is 0.248 e. The van der Waals surface area contributed by atoms with Gasteiger partial charge in [-0.1, -0.05) is 6.07 Å². The molecule has 1 aliphatic heterocycles. The van der Waals surface area contributed by atoms with E-state index in [1.807, 2.05) is 0 Å². The van der Waals surface area contributed by atoms with E-state index < -0.39 is 5.91 Å². The summed E-state index contributed by atoms with van der Waals surface area (Å²) in [7, 11) is 0.